The van der Waals surface area contributed by atoms with Gasteiger partial charge in [0.25, 0.3) is 0 Å². The molecule has 25 heavy (non-hydrogen) atoms. The molecule has 1 atom stereocenters. The van der Waals surface area contributed by atoms with Crippen LogP contribution in [0.2, 0.25) is 0 Å². The zero-order valence-corrected chi connectivity index (χ0v) is 15.5. The molecule has 1 aromatic rings. The van der Waals surface area contributed by atoms with Crippen molar-refractivity contribution in [3.8, 4) is 0 Å². The maximum atomic E-state index is 12.2. The third-order valence-corrected chi connectivity index (χ3v) is 5.65. The van der Waals surface area contributed by atoms with Crippen molar-refractivity contribution in [3.05, 3.63) is 17.8 Å². The average molecular weight is 349 g/mol. The molecule has 0 spiro atoms. The summed E-state index contributed by atoms with van der Waals surface area (Å²) < 4.78 is 5.68. The van der Waals surface area contributed by atoms with Crippen LogP contribution in [0.5, 0.6) is 0 Å². The van der Waals surface area contributed by atoms with E-state index in [-0.39, 0.29) is 11.9 Å². The molecule has 1 aromatic heterocycles. The molecule has 1 aliphatic carbocycles. The second kappa shape index (κ2) is 7.87. The number of aromatic nitrogens is 1. The Morgan fingerprint density at radius 3 is 2.84 bits per heavy atom. The molecular formula is C19H31N3O3. The Morgan fingerprint density at radius 2 is 2.20 bits per heavy atom. The summed E-state index contributed by atoms with van der Waals surface area (Å²) in [6, 6.07) is 0.168. The highest BCUT2D eigenvalue weighted by Crippen LogP contribution is 2.30. The van der Waals surface area contributed by atoms with Crippen molar-refractivity contribution in [2.45, 2.75) is 77.0 Å². The van der Waals surface area contributed by atoms with Gasteiger partial charge in [-0.25, -0.2) is 4.98 Å². The summed E-state index contributed by atoms with van der Waals surface area (Å²) in [6.45, 7) is 6.55. The number of hydrogen-bond acceptors (Lipinski definition) is 5. The minimum atomic E-state index is -0.535. The number of aliphatic hydroxyl groups is 1. The molecule has 3 rings (SSSR count). The van der Waals surface area contributed by atoms with Crippen LogP contribution in [0.1, 0.15) is 64.0 Å². The summed E-state index contributed by atoms with van der Waals surface area (Å²) in [5.74, 6) is 1.52. The quantitative estimate of drug-likeness (QED) is 0.854. The van der Waals surface area contributed by atoms with E-state index >= 15 is 0 Å². The van der Waals surface area contributed by atoms with Gasteiger partial charge in [0, 0.05) is 39.0 Å². The van der Waals surface area contributed by atoms with Crippen LogP contribution in [0.4, 0.5) is 0 Å². The first kappa shape index (κ1) is 18.4. The fourth-order valence-electron chi connectivity index (χ4n) is 4.22. The molecule has 2 heterocycles. The molecule has 6 heteroatoms. The summed E-state index contributed by atoms with van der Waals surface area (Å²) >= 11 is 0. The number of carbonyl (C=O) groups is 1. The van der Waals surface area contributed by atoms with Gasteiger partial charge in [-0.15, -0.1) is 0 Å². The lowest BCUT2D eigenvalue weighted by Gasteiger charge is -2.36. The minimum Gasteiger partial charge on any atom is -0.444 e. The number of aryl methyl sites for hydroxylation is 1. The highest BCUT2D eigenvalue weighted by Gasteiger charge is 2.36. The minimum absolute atomic E-state index is 0.0551. The van der Waals surface area contributed by atoms with Crippen molar-refractivity contribution in [2.75, 3.05) is 19.6 Å². The molecule has 1 saturated carbocycles. The molecule has 1 amide bonds. The van der Waals surface area contributed by atoms with Crippen molar-refractivity contribution >= 4 is 5.91 Å². The van der Waals surface area contributed by atoms with Crippen molar-refractivity contribution < 1.29 is 14.3 Å². The zero-order chi connectivity index (χ0) is 17.9. The molecular weight excluding hydrogens is 318 g/mol. The monoisotopic (exact) mass is 349 g/mol. The van der Waals surface area contributed by atoms with Gasteiger partial charge in [0.2, 0.25) is 11.8 Å². The van der Waals surface area contributed by atoms with Crippen molar-refractivity contribution in [1.82, 2.24) is 14.8 Å². The lowest BCUT2D eigenvalue weighted by molar-refractivity contribution is -0.132. The van der Waals surface area contributed by atoms with Crippen LogP contribution in [-0.2, 0) is 17.8 Å². The Labute approximate surface area is 150 Å². The number of likely N-dealkylation sites (tertiary alicyclic amines) is 1. The molecule has 0 bridgehead atoms. The van der Waals surface area contributed by atoms with Gasteiger partial charge in [-0.05, 0) is 19.3 Å². The first-order valence-corrected chi connectivity index (χ1v) is 9.64. The average Bonchev–Trinajstić information content (AvgIpc) is 3.21. The Balaban J connectivity index is 1.58. The Morgan fingerprint density at radius 1 is 1.44 bits per heavy atom. The first-order chi connectivity index (χ1) is 12.0. The highest BCUT2D eigenvalue weighted by atomic mass is 16.4. The third kappa shape index (κ3) is 4.61. The molecule has 1 N–H and O–H groups in total. The van der Waals surface area contributed by atoms with E-state index < -0.39 is 5.60 Å². The van der Waals surface area contributed by atoms with E-state index in [0.717, 1.165) is 63.9 Å². The number of amides is 1. The van der Waals surface area contributed by atoms with Crippen molar-refractivity contribution in [3.63, 3.8) is 0 Å². The van der Waals surface area contributed by atoms with E-state index in [1.54, 1.807) is 13.1 Å². The first-order valence-electron chi connectivity index (χ1n) is 9.64. The summed E-state index contributed by atoms with van der Waals surface area (Å²) in [4.78, 5) is 20.6. The molecule has 6 nitrogen and oxygen atoms in total. The number of oxazole rings is 1. The Kier molecular flexibility index (Phi) is 5.79. The summed E-state index contributed by atoms with van der Waals surface area (Å²) in [6.07, 6.45) is 8.78. The molecule has 2 aliphatic rings. The summed E-state index contributed by atoms with van der Waals surface area (Å²) in [7, 11) is 0. The predicted molar refractivity (Wildman–Crippen MR) is 95.0 cm³/mol. The summed E-state index contributed by atoms with van der Waals surface area (Å²) in [5.41, 5.74) is -0.535. The maximum absolute atomic E-state index is 12.2. The molecule has 140 valence electrons. The molecule has 2 fully saturated rings. The van der Waals surface area contributed by atoms with Crippen LogP contribution in [0.25, 0.3) is 0 Å². The molecule has 0 unspecified atom stereocenters. The van der Waals surface area contributed by atoms with Crippen LogP contribution < -0.4 is 0 Å². The van der Waals surface area contributed by atoms with Gasteiger partial charge in [-0.3, -0.25) is 9.69 Å². The topological polar surface area (TPSA) is 69.8 Å². The largest absolute Gasteiger partial charge is 0.444 e. The van der Waals surface area contributed by atoms with E-state index in [2.05, 4.69) is 9.88 Å². The van der Waals surface area contributed by atoms with Gasteiger partial charge in [0.1, 0.15) is 5.76 Å². The van der Waals surface area contributed by atoms with Crippen LogP contribution in [-0.4, -0.2) is 57.1 Å². The second-order valence-electron chi connectivity index (χ2n) is 7.68. The van der Waals surface area contributed by atoms with Crippen molar-refractivity contribution in [2.24, 2.45) is 0 Å². The SMILES string of the molecule is CCc1cnc(CN(C(C)=O)[C@H]2CCN(CC3(O)CCCCC3)C2)o1. The fraction of sp³-hybridized carbons (Fsp3) is 0.789. The van der Waals surface area contributed by atoms with Gasteiger partial charge in [0.05, 0.1) is 18.3 Å². The number of carbonyl (C=O) groups excluding carboxylic acids is 1. The number of rotatable bonds is 6. The van der Waals surface area contributed by atoms with Crippen LogP contribution in [0.15, 0.2) is 10.6 Å². The second-order valence-corrected chi connectivity index (χ2v) is 7.68. The fourth-order valence-corrected chi connectivity index (χ4v) is 4.22. The van der Waals surface area contributed by atoms with E-state index in [1.165, 1.54) is 6.42 Å². The summed E-state index contributed by atoms with van der Waals surface area (Å²) in [5, 5.41) is 10.8. The van der Waals surface area contributed by atoms with Crippen LogP contribution in [0.3, 0.4) is 0 Å². The number of hydrogen-bond donors (Lipinski definition) is 1. The maximum Gasteiger partial charge on any atom is 0.220 e. The number of β-amino-alcohol motifs (C(OH)–C–C–N with tert-alkyl or cyclic N) is 1. The van der Waals surface area contributed by atoms with Crippen LogP contribution >= 0.6 is 0 Å². The third-order valence-electron chi connectivity index (χ3n) is 5.65. The van der Waals surface area contributed by atoms with Crippen LogP contribution in [0, 0.1) is 0 Å². The van der Waals surface area contributed by atoms with E-state index in [0.29, 0.717) is 12.4 Å². The Hall–Kier alpha value is -1.40. The molecule has 1 saturated heterocycles. The number of nitrogens with zero attached hydrogens (tertiary/aromatic N) is 3. The smallest absolute Gasteiger partial charge is 0.220 e. The highest BCUT2D eigenvalue weighted by molar-refractivity contribution is 5.73. The van der Waals surface area contributed by atoms with E-state index in [4.69, 9.17) is 4.42 Å². The molecule has 0 radical (unpaired) electrons. The predicted octanol–water partition coefficient (Wildman–Crippen LogP) is 2.35. The van der Waals surface area contributed by atoms with E-state index in [9.17, 15) is 9.90 Å². The van der Waals surface area contributed by atoms with Crippen molar-refractivity contribution in [1.29, 1.82) is 0 Å². The molecule has 1 aliphatic heterocycles. The van der Waals surface area contributed by atoms with Gasteiger partial charge in [-0.1, -0.05) is 26.2 Å². The van der Waals surface area contributed by atoms with E-state index in [1.807, 2.05) is 11.8 Å². The van der Waals surface area contributed by atoms with Gasteiger partial charge in [-0.2, -0.15) is 0 Å². The lowest BCUT2D eigenvalue weighted by atomic mass is 9.84. The lowest BCUT2D eigenvalue weighted by Crippen LogP contribution is -2.45. The standard InChI is InChI=1S/C19H31N3O3/c1-3-17-11-20-18(25-17)13-22(15(2)23)16-7-10-21(12-16)14-19(24)8-5-4-6-9-19/h11,16,24H,3-10,12-14H2,1-2H3/t16-/m0/s1. The molecule has 0 aromatic carbocycles. The van der Waals surface area contributed by atoms with Gasteiger partial charge >= 0.3 is 0 Å². The normalized spacial score (nSPS) is 23.7. The van der Waals surface area contributed by atoms with Gasteiger partial charge < -0.3 is 14.4 Å². The zero-order valence-electron chi connectivity index (χ0n) is 15.5. The van der Waals surface area contributed by atoms with Gasteiger partial charge in [0.15, 0.2) is 0 Å². The Bertz CT molecular complexity index is 580.